The monoisotopic (exact) mass is 395 g/mol. The van der Waals surface area contributed by atoms with Crippen LogP contribution in [0.1, 0.15) is 30.9 Å². The smallest absolute Gasteiger partial charge is 0.262 e. The second-order valence-corrected chi connectivity index (χ2v) is 6.14. The van der Waals surface area contributed by atoms with Crippen LogP contribution in [0.15, 0.2) is 60.7 Å². The molecule has 0 aliphatic rings. The lowest BCUT2D eigenvalue weighted by molar-refractivity contribution is -0.129. The summed E-state index contributed by atoms with van der Waals surface area (Å²) < 4.78 is 5.35. The average molecular weight is 395 g/mol. The first-order valence-corrected chi connectivity index (χ1v) is 9.37. The molecule has 7 nitrogen and oxygen atoms in total. The fourth-order valence-corrected chi connectivity index (χ4v) is 2.36. The van der Waals surface area contributed by atoms with E-state index >= 15 is 0 Å². The van der Waals surface area contributed by atoms with Gasteiger partial charge >= 0.3 is 0 Å². The lowest BCUT2D eigenvalue weighted by Crippen LogP contribution is -2.41. The highest BCUT2D eigenvalue weighted by Gasteiger charge is 2.07. The normalized spacial score (nSPS) is 10.4. The molecular formula is C22H25N3O4. The fourth-order valence-electron chi connectivity index (χ4n) is 2.36. The van der Waals surface area contributed by atoms with Gasteiger partial charge in [-0.25, -0.2) is 0 Å². The lowest BCUT2D eigenvalue weighted by Gasteiger charge is -2.07. The molecule has 7 heteroatoms. The van der Waals surface area contributed by atoms with E-state index in [1.54, 1.807) is 6.08 Å². The number of amides is 3. The predicted molar refractivity (Wildman–Crippen MR) is 110 cm³/mol. The highest BCUT2D eigenvalue weighted by molar-refractivity contribution is 5.93. The maximum atomic E-state index is 11.8. The molecule has 3 N–H and O–H groups in total. The highest BCUT2D eigenvalue weighted by atomic mass is 16.5. The molecule has 152 valence electrons. The van der Waals surface area contributed by atoms with Crippen LogP contribution in [0.2, 0.25) is 0 Å². The van der Waals surface area contributed by atoms with Crippen LogP contribution in [0, 0.1) is 0 Å². The van der Waals surface area contributed by atoms with Crippen molar-refractivity contribution in [2.75, 3.05) is 6.61 Å². The third-order valence-electron chi connectivity index (χ3n) is 3.86. The maximum absolute atomic E-state index is 11.8. The Labute approximate surface area is 170 Å². The summed E-state index contributed by atoms with van der Waals surface area (Å²) in [5, 5.41) is 2.74. The molecule has 3 amide bonds. The standard InChI is InChI=1S/C22H25N3O4/c1-2-29-19-11-8-17(9-12-19)10-13-21(27)24-25-22(28)15-14-20(26)23-16-18-6-4-3-5-7-18/h3-13H,2,14-16H2,1H3,(H,23,26)(H,24,27)(H,25,28)/b13-10+. The maximum Gasteiger partial charge on any atom is 0.262 e. The lowest BCUT2D eigenvalue weighted by atomic mass is 10.2. The summed E-state index contributed by atoms with van der Waals surface area (Å²) in [4.78, 5) is 35.3. The quantitative estimate of drug-likeness (QED) is 0.449. The van der Waals surface area contributed by atoms with E-state index in [-0.39, 0.29) is 18.7 Å². The van der Waals surface area contributed by atoms with Gasteiger partial charge in [0.25, 0.3) is 5.91 Å². The summed E-state index contributed by atoms with van der Waals surface area (Å²) in [7, 11) is 0. The zero-order valence-electron chi connectivity index (χ0n) is 16.3. The minimum Gasteiger partial charge on any atom is -0.494 e. The number of hydrogen-bond donors (Lipinski definition) is 3. The largest absolute Gasteiger partial charge is 0.494 e. The van der Waals surface area contributed by atoms with Gasteiger partial charge in [-0.3, -0.25) is 25.2 Å². The Morgan fingerprint density at radius 3 is 2.28 bits per heavy atom. The third kappa shape index (κ3) is 8.75. The van der Waals surface area contributed by atoms with Crippen molar-refractivity contribution in [2.45, 2.75) is 26.3 Å². The molecule has 0 atom stereocenters. The van der Waals surface area contributed by atoms with Crippen LogP contribution in [0.3, 0.4) is 0 Å². The predicted octanol–water partition coefficient (Wildman–Crippen LogP) is 2.34. The third-order valence-corrected chi connectivity index (χ3v) is 3.86. The summed E-state index contributed by atoms with van der Waals surface area (Å²) >= 11 is 0. The van der Waals surface area contributed by atoms with Gasteiger partial charge in [-0.2, -0.15) is 0 Å². The van der Waals surface area contributed by atoms with Crippen LogP contribution in [-0.2, 0) is 20.9 Å². The van der Waals surface area contributed by atoms with E-state index in [1.165, 1.54) is 6.08 Å². The Hall–Kier alpha value is -3.61. The van der Waals surface area contributed by atoms with Crippen molar-refractivity contribution in [3.05, 3.63) is 71.8 Å². The van der Waals surface area contributed by atoms with E-state index in [1.807, 2.05) is 61.5 Å². The molecule has 2 aromatic carbocycles. The van der Waals surface area contributed by atoms with Gasteiger partial charge in [-0.1, -0.05) is 42.5 Å². The topological polar surface area (TPSA) is 96.5 Å². The van der Waals surface area contributed by atoms with Crippen LogP contribution < -0.4 is 20.9 Å². The van der Waals surface area contributed by atoms with Gasteiger partial charge in [0.05, 0.1) is 6.61 Å². The minimum absolute atomic E-state index is 0.0243. The van der Waals surface area contributed by atoms with E-state index < -0.39 is 11.8 Å². The van der Waals surface area contributed by atoms with E-state index in [0.29, 0.717) is 13.2 Å². The summed E-state index contributed by atoms with van der Waals surface area (Å²) in [6.45, 7) is 2.91. The van der Waals surface area contributed by atoms with Crippen molar-refractivity contribution in [3.8, 4) is 5.75 Å². The molecule has 2 rings (SSSR count). The molecule has 0 aliphatic carbocycles. The van der Waals surface area contributed by atoms with Crippen molar-refractivity contribution in [3.63, 3.8) is 0 Å². The molecule has 0 heterocycles. The van der Waals surface area contributed by atoms with Crippen LogP contribution in [0.5, 0.6) is 5.75 Å². The Kier molecular flexibility index (Phi) is 8.95. The van der Waals surface area contributed by atoms with Crippen molar-refractivity contribution in [1.29, 1.82) is 0 Å². The van der Waals surface area contributed by atoms with Crippen LogP contribution >= 0.6 is 0 Å². The minimum atomic E-state index is -0.472. The summed E-state index contributed by atoms with van der Waals surface area (Å²) in [5.74, 6) is -0.386. The molecule has 0 fully saturated rings. The second-order valence-electron chi connectivity index (χ2n) is 6.14. The number of benzene rings is 2. The first kappa shape index (κ1) is 21.7. The van der Waals surface area contributed by atoms with Gasteiger partial charge < -0.3 is 10.1 Å². The van der Waals surface area contributed by atoms with Crippen molar-refractivity contribution in [2.24, 2.45) is 0 Å². The van der Waals surface area contributed by atoms with E-state index in [2.05, 4.69) is 16.2 Å². The molecular weight excluding hydrogens is 370 g/mol. The van der Waals surface area contributed by atoms with Gasteiger partial charge in [0, 0.05) is 25.5 Å². The Morgan fingerprint density at radius 1 is 0.897 bits per heavy atom. The van der Waals surface area contributed by atoms with Crippen molar-refractivity contribution >= 4 is 23.8 Å². The number of hydrogen-bond acceptors (Lipinski definition) is 4. The van der Waals surface area contributed by atoms with E-state index in [9.17, 15) is 14.4 Å². The van der Waals surface area contributed by atoms with Gasteiger partial charge in [-0.05, 0) is 36.3 Å². The van der Waals surface area contributed by atoms with Crippen molar-refractivity contribution in [1.82, 2.24) is 16.2 Å². The first-order valence-electron chi connectivity index (χ1n) is 9.37. The summed E-state index contributed by atoms with van der Waals surface area (Å²) in [6.07, 6.45) is 2.94. The van der Waals surface area contributed by atoms with Crippen LogP contribution in [-0.4, -0.2) is 24.3 Å². The number of ether oxygens (including phenoxy) is 1. The zero-order chi connectivity index (χ0) is 20.9. The Bertz CT molecular complexity index is 833. The van der Waals surface area contributed by atoms with Gasteiger partial charge in [0.15, 0.2) is 0 Å². The molecule has 0 radical (unpaired) electrons. The fraction of sp³-hybridized carbons (Fsp3) is 0.227. The van der Waals surface area contributed by atoms with Crippen LogP contribution in [0.25, 0.3) is 6.08 Å². The number of carbonyl (C=O) groups is 3. The summed E-state index contributed by atoms with van der Waals surface area (Å²) in [6, 6.07) is 16.8. The highest BCUT2D eigenvalue weighted by Crippen LogP contribution is 2.12. The Balaban J connectivity index is 1.63. The second kappa shape index (κ2) is 12.0. The Morgan fingerprint density at radius 2 is 1.59 bits per heavy atom. The molecule has 0 aliphatic heterocycles. The molecule has 0 spiro atoms. The molecule has 0 bridgehead atoms. The first-order chi connectivity index (χ1) is 14.1. The molecule has 0 unspecified atom stereocenters. The number of carbonyl (C=O) groups excluding carboxylic acids is 3. The molecule has 2 aromatic rings. The molecule has 0 saturated carbocycles. The molecule has 0 aromatic heterocycles. The van der Waals surface area contributed by atoms with E-state index in [0.717, 1.165) is 16.9 Å². The SMILES string of the molecule is CCOc1ccc(/C=C/C(=O)NNC(=O)CCC(=O)NCc2ccccc2)cc1. The molecule has 29 heavy (non-hydrogen) atoms. The zero-order valence-corrected chi connectivity index (χ0v) is 16.3. The van der Waals surface area contributed by atoms with Crippen LogP contribution in [0.4, 0.5) is 0 Å². The van der Waals surface area contributed by atoms with E-state index in [4.69, 9.17) is 4.74 Å². The van der Waals surface area contributed by atoms with Gasteiger partial charge in [0.1, 0.15) is 5.75 Å². The number of nitrogens with one attached hydrogen (secondary N) is 3. The molecule has 0 saturated heterocycles. The summed E-state index contributed by atoms with van der Waals surface area (Å²) in [5.41, 5.74) is 6.38. The van der Waals surface area contributed by atoms with Gasteiger partial charge in [0.2, 0.25) is 11.8 Å². The number of rotatable bonds is 9. The van der Waals surface area contributed by atoms with Gasteiger partial charge in [-0.15, -0.1) is 0 Å². The average Bonchev–Trinajstić information content (AvgIpc) is 2.75. The van der Waals surface area contributed by atoms with Crippen molar-refractivity contribution < 1.29 is 19.1 Å². The number of hydrazine groups is 1.